The fourth-order valence-corrected chi connectivity index (χ4v) is 4.62. The zero-order chi connectivity index (χ0) is 18.2. The quantitative estimate of drug-likeness (QED) is 0.851. The van der Waals surface area contributed by atoms with Crippen LogP contribution in [0.5, 0.6) is 5.75 Å². The van der Waals surface area contributed by atoms with E-state index < -0.39 is 0 Å². The van der Waals surface area contributed by atoms with Crippen LogP contribution < -0.4 is 10.1 Å². The number of fused-ring (bicyclic) bond motifs is 3. The van der Waals surface area contributed by atoms with Crippen molar-refractivity contribution in [2.24, 2.45) is 17.8 Å². The van der Waals surface area contributed by atoms with Crippen molar-refractivity contribution in [2.75, 3.05) is 26.2 Å². The largest absolute Gasteiger partial charge is 0.493 e. The van der Waals surface area contributed by atoms with Crippen LogP contribution in [0.25, 0.3) is 0 Å². The molecule has 0 unspecified atom stereocenters. The van der Waals surface area contributed by atoms with E-state index in [1.54, 1.807) is 6.20 Å². The fourth-order valence-electron chi connectivity index (χ4n) is 4.62. The van der Waals surface area contributed by atoms with E-state index in [0.717, 1.165) is 24.8 Å². The molecule has 1 amide bonds. The van der Waals surface area contributed by atoms with Crippen LogP contribution in [-0.2, 0) is 11.3 Å². The van der Waals surface area contributed by atoms with Gasteiger partial charge in [0.05, 0.1) is 19.1 Å². The Labute approximate surface area is 159 Å². The third-order valence-electron chi connectivity index (χ3n) is 6.14. The molecule has 2 fully saturated rings. The molecular formula is C21H26N4O2. The van der Waals surface area contributed by atoms with Crippen LogP contribution in [0.3, 0.4) is 0 Å². The van der Waals surface area contributed by atoms with E-state index in [2.05, 4.69) is 33.5 Å². The fraction of sp³-hybridized carbons (Fsp3) is 0.524. The lowest BCUT2D eigenvalue weighted by molar-refractivity contribution is -0.126. The number of rotatable bonds is 6. The zero-order valence-electron chi connectivity index (χ0n) is 15.5. The number of benzene rings is 1. The molecule has 6 heteroatoms. The number of likely N-dealkylation sites (tertiary alicyclic amines) is 1. The molecule has 27 heavy (non-hydrogen) atoms. The average molecular weight is 366 g/mol. The van der Waals surface area contributed by atoms with Gasteiger partial charge in [0.2, 0.25) is 5.91 Å². The topological polar surface area (TPSA) is 59.4 Å². The minimum Gasteiger partial charge on any atom is -0.493 e. The molecule has 1 aliphatic carbocycles. The third-order valence-corrected chi connectivity index (χ3v) is 6.14. The number of hydrogen-bond donors (Lipinski definition) is 1. The number of aromatic nitrogens is 2. The standard InChI is InChI=1S/C21H26N4O2/c26-21(22-9-11-25-10-3-8-23-25)17-13-24(12-15-6-7-15)20-16-4-1-2-5-19(16)27-14-18(17)20/h1-5,8,10,15,17-18,20H,6-7,9,11-14H2,(H,22,26)/t17-,18+,20+/m1/s1. The van der Waals surface area contributed by atoms with Crippen LogP contribution in [0.1, 0.15) is 24.4 Å². The summed E-state index contributed by atoms with van der Waals surface area (Å²) in [5.74, 6) is 2.16. The van der Waals surface area contributed by atoms with Crippen LogP contribution >= 0.6 is 0 Å². The Morgan fingerprint density at radius 3 is 2.96 bits per heavy atom. The molecule has 6 nitrogen and oxygen atoms in total. The van der Waals surface area contributed by atoms with Crippen molar-refractivity contribution in [2.45, 2.75) is 25.4 Å². The first kappa shape index (κ1) is 16.8. The molecule has 0 bridgehead atoms. The van der Waals surface area contributed by atoms with Gasteiger partial charge in [-0.1, -0.05) is 18.2 Å². The number of nitrogens with one attached hydrogen (secondary N) is 1. The molecule has 2 aliphatic heterocycles. The van der Waals surface area contributed by atoms with Gasteiger partial charge in [0.25, 0.3) is 0 Å². The Morgan fingerprint density at radius 1 is 1.26 bits per heavy atom. The summed E-state index contributed by atoms with van der Waals surface area (Å²) < 4.78 is 7.87. The summed E-state index contributed by atoms with van der Waals surface area (Å²) in [5.41, 5.74) is 1.25. The lowest BCUT2D eigenvalue weighted by atomic mass is 9.85. The van der Waals surface area contributed by atoms with E-state index >= 15 is 0 Å². The van der Waals surface area contributed by atoms with E-state index in [1.165, 1.54) is 18.4 Å². The van der Waals surface area contributed by atoms with Crippen molar-refractivity contribution in [1.82, 2.24) is 20.0 Å². The predicted octanol–water partition coefficient (Wildman–Crippen LogP) is 2.09. The van der Waals surface area contributed by atoms with E-state index in [1.807, 2.05) is 23.0 Å². The van der Waals surface area contributed by atoms with Crippen molar-refractivity contribution in [3.8, 4) is 5.75 Å². The molecule has 1 N–H and O–H groups in total. The van der Waals surface area contributed by atoms with Crippen LogP contribution in [0.15, 0.2) is 42.7 Å². The van der Waals surface area contributed by atoms with E-state index in [4.69, 9.17) is 4.74 Å². The molecule has 3 atom stereocenters. The summed E-state index contributed by atoms with van der Waals surface area (Å²) in [6, 6.07) is 10.5. The van der Waals surface area contributed by atoms with Crippen LogP contribution in [0, 0.1) is 17.8 Å². The highest BCUT2D eigenvalue weighted by Gasteiger charge is 2.49. The normalized spacial score (nSPS) is 26.9. The molecule has 3 aliphatic rings. The predicted molar refractivity (Wildman–Crippen MR) is 101 cm³/mol. The van der Waals surface area contributed by atoms with E-state index in [0.29, 0.717) is 25.7 Å². The molecule has 3 heterocycles. The Hall–Kier alpha value is -2.34. The van der Waals surface area contributed by atoms with Gasteiger partial charge in [-0.25, -0.2) is 0 Å². The second-order valence-corrected chi connectivity index (χ2v) is 8.02. The summed E-state index contributed by atoms with van der Waals surface area (Å²) >= 11 is 0. The number of ether oxygens (including phenoxy) is 1. The van der Waals surface area contributed by atoms with Gasteiger partial charge < -0.3 is 10.1 Å². The lowest BCUT2D eigenvalue weighted by Gasteiger charge is -2.34. The molecule has 0 radical (unpaired) electrons. The maximum Gasteiger partial charge on any atom is 0.224 e. The Bertz CT molecular complexity index is 802. The van der Waals surface area contributed by atoms with Crippen molar-refractivity contribution in [3.63, 3.8) is 0 Å². The number of nitrogens with zero attached hydrogens (tertiary/aromatic N) is 3. The monoisotopic (exact) mass is 366 g/mol. The van der Waals surface area contributed by atoms with Crippen molar-refractivity contribution < 1.29 is 9.53 Å². The molecule has 1 saturated heterocycles. The maximum absolute atomic E-state index is 13.0. The van der Waals surface area contributed by atoms with Crippen molar-refractivity contribution in [1.29, 1.82) is 0 Å². The minimum atomic E-state index is -0.0141. The summed E-state index contributed by atoms with van der Waals surface area (Å²) in [5, 5.41) is 7.32. The minimum absolute atomic E-state index is 0.0141. The van der Waals surface area contributed by atoms with E-state index in [-0.39, 0.29) is 17.7 Å². The molecule has 1 saturated carbocycles. The van der Waals surface area contributed by atoms with Gasteiger partial charge >= 0.3 is 0 Å². The van der Waals surface area contributed by atoms with Gasteiger partial charge in [-0.15, -0.1) is 0 Å². The highest BCUT2D eigenvalue weighted by atomic mass is 16.5. The summed E-state index contributed by atoms with van der Waals surface area (Å²) in [6.07, 6.45) is 6.33. The molecular weight excluding hydrogens is 340 g/mol. The highest BCUT2D eigenvalue weighted by molar-refractivity contribution is 5.80. The van der Waals surface area contributed by atoms with Crippen LogP contribution in [0.2, 0.25) is 0 Å². The van der Waals surface area contributed by atoms with Gasteiger partial charge in [-0.2, -0.15) is 5.10 Å². The second kappa shape index (κ2) is 7.00. The number of carbonyl (C=O) groups is 1. The summed E-state index contributed by atoms with van der Waals surface area (Å²) in [4.78, 5) is 15.5. The number of amides is 1. The molecule has 0 spiro atoms. The average Bonchev–Trinajstić information content (AvgIpc) is 3.21. The first-order chi connectivity index (χ1) is 13.3. The van der Waals surface area contributed by atoms with E-state index in [9.17, 15) is 4.79 Å². The SMILES string of the molecule is O=C(NCCn1cccn1)[C@@H]1CN(CC2CC2)[C@H]2c3ccccc3OC[C@@H]12. The second-order valence-electron chi connectivity index (χ2n) is 8.02. The van der Waals surface area contributed by atoms with Gasteiger partial charge in [0.15, 0.2) is 0 Å². The molecule has 5 rings (SSSR count). The van der Waals surface area contributed by atoms with Crippen LogP contribution in [0.4, 0.5) is 0 Å². The molecule has 2 aromatic rings. The Kier molecular flexibility index (Phi) is 4.36. The summed E-state index contributed by atoms with van der Waals surface area (Å²) in [6.45, 7) is 3.86. The Balaban J connectivity index is 1.31. The van der Waals surface area contributed by atoms with Gasteiger partial charge in [0.1, 0.15) is 5.75 Å². The number of hydrogen-bond acceptors (Lipinski definition) is 4. The third kappa shape index (κ3) is 3.34. The molecule has 142 valence electrons. The van der Waals surface area contributed by atoms with Crippen molar-refractivity contribution >= 4 is 5.91 Å². The number of para-hydroxylation sites is 1. The molecule has 1 aromatic carbocycles. The zero-order valence-corrected chi connectivity index (χ0v) is 15.5. The lowest BCUT2D eigenvalue weighted by Crippen LogP contribution is -2.39. The van der Waals surface area contributed by atoms with Gasteiger partial charge in [-0.3, -0.25) is 14.4 Å². The smallest absolute Gasteiger partial charge is 0.224 e. The van der Waals surface area contributed by atoms with Crippen LogP contribution in [-0.4, -0.2) is 46.8 Å². The summed E-state index contributed by atoms with van der Waals surface area (Å²) in [7, 11) is 0. The maximum atomic E-state index is 13.0. The first-order valence-electron chi connectivity index (χ1n) is 10.0. The highest BCUT2D eigenvalue weighted by Crippen LogP contribution is 2.48. The van der Waals surface area contributed by atoms with Gasteiger partial charge in [0, 0.05) is 49.6 Å². The first-order valence-corrected chi connectivity index (χ1v) is 10.0. The Morgan fingerprint density at radius 2 is 2.15 bits per heavy atom. The van der Waals surface area contributed by atoms with Crippen molar-refractivity contribution in [3.05, 3.63) is 48.3 Å². The van der Waals surface area contributed by atoms with Gasteiger partial charge in [-0.05, 0) is 30.9 Å². The number of carbonyl (C=O) groups excluding carboxylic acids is 1. The molecule has 1 aromatic heterocycles.